The summed E-state index contributed by atoms with van der Waals surface area (Å²) in [6.07, 6.45) is 0.192. The summed E-state index contributed by atoms with van der Waals surface area (Å²) in [5.41, 5.74) is 1.08. The van der Waals surface area contributed by atoms with E-state index in [1.807, 2.05) is 12.1 Å². The molecule has 24 heavy (non-hydrogen) atoms. The molecule has 0 bridgehead atoms. The minimum absolute atomic E-state index is 0.0634. The number of nitrogens with one attached hydrogen (secondary N) is 1. The fourth-order valence-corrected chi connectivity index (χ4v) is 3.68. The van der Waals surface area contributed by atoms with E-state index in [9.17, 15) is 13.2 Å². The van der Waals surface area contributed by atoms with Gasteiger partial charge in [-0.05, 0) is 59.0 Å². The highest BCUT2D eigenvalue weighted by atomic mass is 127. The van der Waals surface area contributed by atoms with E-state index in [1.165, 1.54) is 4.31 Å². The summed E-state index contributed by atoms with van der Waals surface area (Å²) in [7, 11) is -3.51. The number of halogens is 1. The number of amides is 1. The Balaban J connectivity index is 1.85. The van der Waals surface area contributed by atoms with E-state index >= 15 is 0 Å². The molecule has 1 amide bonds. The van der Waals surface area contributed by atoms with Crippen molar-refractivity contribution < 1.29 is 17.9 Å². The van der Waals surface area contributed by atoms with Gasteiger partial charge in [0, 0.05) is 9.26 Å². The van der Waals surface area contributed by atoms with E-state index in [2.05, 4.69) is 27.9 Å². The number of fused-ring (bicyclic) bond motifs is 1. The van der Waals surface area contributed by atoms with Gasteiger partial charge in [0.25, 0.3) is 5.91 Å². The molecule has 1 heterocycles. The molecule has 126 valence electrons. The third-order valence-electron chi connectivity index (χ3n) is 3.54. The van der Waals surface area contributed by atoms with Crippen molar-refractivity contribution in [3.05, 3.63) is 52.1 Å². The standard InChI is InChI=1S/C16H15IN2O4S/c1-24(21,22)19-10-15(23-14-5-3-2-4-13(14)19)16(20)18-12-8-6-11(17)7-9-12/h2-9,15H,10H2,1H3,(H,18,20)/t15-/m0/s1. The van der Waals surface area contributed by atoms with Gasteiger partial charge in [0.1, 0.15) is 5.75 Å². The van der Waals surface area contributed by atoms with Gasteiger partial charge >= 0.3 is 0 Å². The molecule has 0 aliphatic carbocycles. The van der Waals surface area contributed by atoms with Crippen LogP contribution in [0.2, 0.25) is 0 Å². The molecule has 0 saturated carbocycles. The van der Waals surface area contributed by atoms with Crippen molar-refractivity contribution in [3.63, 3.8) is 0 Å². The molecule has 2 aromatic rings. The predicted octanol–water partition coefficient (Wildman–Crippen LogP) is 2.46. The molecule has 0 saturated heterocycles. The number of hydrogen-bond donors (Lipinski definition) is 1. The maximum absolute atomic E-state index is 12.5. The van der Waals surface area contributed by atoms with Gasteiger partial charge in [0.15, 0.2) is 6.10 Å². The van der Waals surface area contributed by atoms with Crippen LogP contribution in [0.5, 0.6) is 5.75 Å². The van der Waals surface area contributed by atoms with Crippen molar-refractivity contribution in [1.29, 1.82) is 0 Å². The monoisotopic (exact) mass is 458 g/mol. The van der Waals surface area contributed by atoms with Crippen LogP contribution in [0.1, 0.15) is 0 Å². The minimum Gasteiger partial charge on any atom is -0.476 e. The van der Waals surface area contributed by atoms with Crippen LogP contribution in [0, 0.1) is 3.57 Å². The lowest BCUT2D eigenvalue weighted by Crippen LogP contribution is -2.48. The topological polar surface area (TPSA) is 75.7 Å². The minimum atomic E-state index is -3.51. The van der Waals surface area contributed by atoms with Crippen LogP contribution in [-0.4, -0.2) is 33.2 Å². The zero-order valence-corrected chi connectivity index (χ0v) is 15.7. The number of nitrogens with zero attached hydrogens (tertiary/aromatic N) is 1. The Morgan fingerprint density at radius 2 is 1.88 bits per heavy atom. The first kappa shape index (κ1) is 17.0. The number of carbonyl (C=O) groups excluding carboxylic acids is 1. The van der Waals surface area contributed by atoms with Gasteiger partial charge in [-0.25, -0.2) is 8.42 Å². The van der Waals surface area contributed by atoms with Crippen molar-refractivity contribution in [2.24, 2.45) is 0 Å². The summed E-state index contributed by atoms with van der Waals surface area (Å²) in [4.78, 5) is 12.5. The normalized spacial score (nSPS) is 16.9. The van der Waals surface area contributed by atoms with Crippen molar-refractivity contribution in [1.82, 2.24) is 0 Å². The van der Waals surface area contributed by atoms with Crippen LogP contribution >= 0.6 is 22.6 Å². The Morgan fingerprint density at radius 3 is 2.54 bits per heavy atom. The molecule has 3 rings (SSSR count). The highest BCUT2D eigenvalue weighted by molar-refractivity contribution is 14.1. The van der Waals surface area contributed by atoms with Crippen molar-refractivity contribution in [3.8, 4) is 5.75 Å². The molecule has 1 aliphatic rings. The lowest BCUT2D eigenvalue weighted by molar-refractivity contribution is -0.122. The highest BCUT2D eigenvalue weighted by Crippen LogP contribution is 2.34. The molecule has 8 heteroatoms. The molecule has 6 nitrogen and oxygen atoms in total. The van der Waals surface area contributed by atoms with Gasteiger partial charge in [-0.15, -0.1) is 0 Å². The van der Waals surface area contributed by atoms with E-state index in [0.29, 0.717) is 17.1 Å². The molecule has 0 aromatic heterocycles. The molecular formula is C16H15IN2O4S. The van der Waals surface area contributed by atoms with Crippen molar-refractivity contribution >= 4 is 49.9 Å². The van der Waals surface area contributed by atoms with Crippen molar-refractivity contribution in [2.45, 2.75) is 6.10 Å². The van der Waals surface area contributed by atoms with Gasteiger partial charge in [-0.2, -0.15) is 0 Å². The van der Waals surface area contributed by atoms with Crippen LogP contribution in [-0.2, 0) is 14.8 Å². The van der Waals surface area contributed by atoms with Gasteiger partial charge in [0.05, 0.1) is 18.5 Å². The number of benzene rings is 2. The molecule has 1 atom stereocenters. The molecule has 1 N–H and O–H groups in total. The maximum atomic E-state index is 12.5. The average molecular weight is 458 g/mol. The summed E-state index contributed by atoms with van der Waals surface area (Å²) in [5, 5.41) is 2.75. The van der Waals surface area contributed by atoms with E-state index in [-0.39, 0.29) is 12.5 Å². The lowest BCUT2D eigenvalue weighted by atomic mass is 10.2. The first-order valence-corrected chi connectivity index (χ1v) is 10.1. The Labute approximate surface area is 154 Å². The first-order valence-electron chi connectivity index (χ1n) is 7.14. The highest BCUT2D eigenvalue weighted by Gasteiger charge is 2.34. The third-order valence-corrected chi connectivity index (χ3v) is 5.40. The average Bonchev–Trinajstić information content (AvgIpc) is 2.55. The third kappa shape index (κ3) is 3.64. The largest absolute Gasteiger partial charge is 0.476 e. The summed E-state index contributed by atoms with van der Waals surface area (Å²) < 4.78 is 32.0. The van der Waals surface area contributed by atoms with E-state index in [0.717, 1.165) is 9.83 Å². The fourth-order valence-electron chi connectivity index (χ4n) is 2.41. The van der Waals surface area contributed by atoms with E-state index in [4.69, 9.17) is 4.74 Å². The molecule has 1 aliphatic heterocycles. The van der Waals surface area contributed by atoms with Crippen LogP contribution in [0.15, 0.2) is 48.5 Å². The summed E-state index contributed by atoms with van der Waals surface area (Å²) in [6, 6.07) is 14.1. The second-order valence-electron chi connectivity index (χ2n) is 5.36. The first-order chi connectivity index (χ1) is 11.3. The van der Waals surface area contributed by atoms with Crippen LogP contribution < -0.4 is 14.4 Å². The number of sulfonamides is 1. The number of rotatable bonds is 3. The SMILES string of the molecule is CS(=O)(=O)N1C[C@@H](C(=O)Nc2ccc(I)cc2)Oc2ccccc21. The number of hydrogen-bond acceptors (Lipinski definition) is 4. The summed E-state index contributed by atoms with van der Waals surface area (Å²) in [5.74, 6) is -0.0173. The van der Waals surface area contributed by atoms with E-state index < -0.39 is 16.1 Å². The fraction of sp³-hybridized carbons (Fsp3) is 0.188. The van der Waals surface area contributed by atoms with Gasteiger partial charge < -0.3 is 10.1 Å². The second-order valence-corrected chi connectivity index (χ2v) is 8.52. The van der Waals surface area contributed by atoms with Crippen LogP contribution in [0.3, 0.4) is 0 Å². The zero-order valence-electron chi connectivity index (χ0n) is 12.8. The van der Waals surface area contributed by atoms with Crippen molar-refractivity contribution in [2.75, 3.05) is 22.4 Å². The van der Waals surface area contributed by atoms with E-state index in [1.54, 1.807) is 36.4 Å². The second kappa shape index (κ2) is 6.60. The Morgan fingerprint density at radius 1 is 1.21 bits per heavy atom. The number of ether oxygens (including phenoxy) is 1. The summed E-state index contributed by atoms with van der Waals surface area (Å²) in [6.45, 7) is -0.0634. The van der Waals surface area contributed by atoms with Gasteiger partial charge in [0.2, 0.25) is 10.0 Å². The maximum Gasteiger partial charge on any atom is 0.267 e. The smallest absolute Gasteiger partial charge is 0.267 e. The number of para-hydroxylation sites is 2. The Kier molecular flexibility index (Phi) is 4.68. The Hall–Kier alpha value is -1.81. The summed E-state index contributed by atoms with van der Waals surface area (Å²) >= 11 is 2.17. The molecule has 2 aromatic carbocycles. The van der Waals surface area contributed by atoms with Crippen LogP contribution in [0.4, 0.5) is 11.4 Å². The lowest BCUT2D eigenvalue weighted by Gasteiger charge is -2.33. The number of anilines is 2. The van der Waals surface area contributed by atoms with Gasteiger partial charge in [-0.3, -0.25) is 9.10 Å². The molecule has 0 spiro atoms. The number of carbonyl (C=O) groups is 1. The van der Waals surface area contributed by atoms with Crippen LogP contribution in [0.25, 0.3) is 0 Å². The molecular weight excluding hydrogens is 443 g/mol. The molecule has 0 unspecified atom stereocenters. The predicted molar refractivity (Wildman–Crippen MR) is 101 cm³/mol. The zero-order chi connectivity index (χ0) is 17.3. The molecule has 0 radical (unpaired) electrons. The quantitative estimate of drug-likeness (QED) is 0.718. The Bertz CT molecular complexity index is 868. The van der Waals surface area contributed by atoms with Gasteiger partial charge in [-0.1, -0.05) is 12.1 Å². The molecule has 0 fully saturated rings.